The summed E-state index contributed by atoms with van der Waals surface area (Å²) in [4.78, 5) is 10.8. The van der Waals surface area contributed by atoms with Crippen molar-refractivity contribution in [3.05, 3.63) is 64.7 Å². The zero-order valence-corrected chi connectivity index (χ0v) is 11.8. The number of hydrogen-bond acceptors (Lipinski definition) is 2. The van der Waals surface area contributed by atoms with Gasteiger partial charge in [0.1, 0.15) is 6.61 Å². The first kappa shape index (κ1) is 14.3. The summed E-state index contributed by atoms with van der Waals surface area (Å²) in [5.74, 6) is -0.384. The summed E-state index contributed by atoms with van der Waals surface area (Å²) in [7, 11) is 0. The maximum atomic E-state index is 10.8. The first-order valence-corrected chi connectivity index (χ1v) is 6.64. The molecule has 2 aromatic rings. The Morgan fingerprint density at radius 2 is 1.65 bits per heavy atom. The molecule has 0 aromatic heterocycles. The molecule has 0 unspecified atom stereocenters. The van der Waals surface area contributed by atoms with Crippen LogP contribution >= 0.6 is 0 Å². The smallest absolute Gasteiger partial charge is 0.250 e. The lowest BCUT2D eigenvalue weighted by atomic mass is 10.1. The van der Waals surface area contributed by atoms with E-state index in [9.17, 15) is 4.79 Å². The Bertz CT molecular complexity index is 579. The molecule has 1 amide bonds. The average Bonchev–Trinajstić information content (AvgIpc) is 3.17. The van der Waals surface area contributed by atoms with Crippen LogP contribution in [0.4, 0.5) is 5.69 Å². The Morgan fingerprint density at radius 1 is 1.10 bits per heavy atom. The van der Waals surface area contributed by atoms with Crippen molar-refractivity contribution in [3.8, 4) is 0 Å². The minimum atomic E-state index is -0.479. The largest absolute Gasteiger partial charge is 0.387 e. The average molecular weight is 269 g/mol. The summed E-state index contributed by atoms with van der Waals surface area (Å²) >= 11 is 0. The number of nitrogens with one attached hydrogen (secondary N) is 1. The Balaban J connectivity index is 0.000000173. The number of rotatable bonds is 2. The predicted molar refractivity (Wildman–Crippen MR) is 80.9 cm³/mol. The molecule has 0 bridgehead atoms. The van der Waals surface area contributed by atoms with Crippen molar-refractivity contribution in [2.75, 3.05) is 11.9 Å². The Labute approximate surface area is 119 Å². The maximum Gasteiger partial charge on any atom is 0.250 e. The van der Waals surface area contributed by atoms with Crippen molar-refractivity contribution in [3.63, 3.8) is 0 Å². The first-order chi connectivity index (χ1) is 9.58. The summed E-state index contributed by atoms with van der Waals surface area (Å²) in [5, 5.41) is 11.1. The molecule has 0 saturated heterocycles. The summed E-state index contributed by atoms with van der Waals surface area (Å²) in [6.07, 6.45) is 1.24. The van der Waals surface area contributed by atoms with E-state index in [2.05, 4.69) is 29.6 Å². The van der Waals surface area contributed by atoms with E-state index >= 15 is 0 Å². The van der Waals surface area contributed by atoms with Gasteiger partial charge in [0.15, 0.2) is 0 Å². The lowest BCUT2D eigenvalue weighted by Gasteiger charge is -2.05. The zero-order chi connectivity index (χ0) is 14.5. The number of aryl methyl sites for hydroxylation is 2. The predicted octanol–water partition coefficient (Wildman–Crippen LogP) is 2.83. The molecule has 0 spiro atoms. The number of carbonyl (C=O) groups excluding carboxylic acids is 1. The molecule has 2 N–H and O–H groups in total. The van der Waals surface area contributed by atoms with E-state index in [0.717, 1.165) is 16.8 Å². The van der Waals surface area contributed by atoms with Crippen LogP contribution in [0.1, 0.15) is 22.3 Å². The molecule has 2 aromatic carbocycles. The van der Waals surface area contributed by atoms with Gasteiger partial charge in [0, 0.05) is 5.69 Å². The monoisotopic (exact) mass is 269 g/mol. The first-order valence-electron chi connectivity index (χ1n) is 6.64. The van der Waals surface area contributed by atoms with Crippen LogP contribution in [0.2, 0.25) is 0 Å². The van der Waals surface area contributed by atoms with Crippen molar-refractivity contribution < 1.29 is 9.90 Å². The van der Waals surface area contributed by atoms with Gasteiger partial charge in [-0.2, -0.15) is 0 Å². The molecule has 0 aliphatic heterocycles. The molecule has 0 heterocycles. The van der Waals surface area contributed by atoms with Crippen LogP contribution in [0.5, 0.6) is 0 Å². The van der Waals surface area contributed by atoms with Crippen LogP contribution in [-0.2, 0) is 11.2 Å². The van der Waals surface area contributed by atoms with Crippen LogP contribution in [-0.4, -0.2) is 17.6 Å². The third kappa shape index (κ3) is 4.21. The minimum absolute atomic E-state index is 0.384. The molecule has 3 rings (SSSR count). The molecule has 0 saturated carbocycles. The van der Waals surface area contributed by atoms with Crippen molar-refractivity contribution in [1.82, 2.24) is 0 Å². The third-order valence-electron chi connectivity index (χ3n) is 3.02. The molecule has 3 heteroatoms. The second-order valence-electron chi connectivity index (χ2n) is 5.03. The van der Waals surface area contributed by atoms with Gasteiger partial charge >= 0.3 is 0 Å². The van der Waals surface area contributed by atoms with Gasteiger partial charge in [-0.15, -0.1) is 0 Å². The highest BCUT2D eigenvalue weighted by molar-refractivity contribution is 5.91. The van der Waals surface area contributed by atoms with Gasteiger partial charge in [-0.1, -0.05) is 30.3 Å². The van der Waals surface area contributed by atoms with Gasteiger partial charge in [-0.05, 0) is 54.7 Å². The number of aliphatic hydroxyl groups is 1. The minimum Gasteiger partial charge on any atom is -0.387 e. The SMILES string of the molecule is Cc1cc(C)cc(NC(=O)CO)c1.c1ccc2c(c1)C2. The van der Waals surface area contributed by atoms with Crippen molar-refractivity contribution in [2.24, 2.45) is 0 Å². The number of hydrogen-bond donors (Lipinski definition) is 2. The molecule has 3 nitrogen and oxygen atoms in total. The number of fused-ring (bicyclic) bond motifs is 1. The van der Waals surface area contributed by atoms with Crippen LogP contribution in [0.3, 0.4) is 0 Å². The van der Waals surface area contributed by atoms with Gasteiger partial charge in [-0.3, -0.25) is 4.79 Å². The topological polar surface area (TPSA) is 49.3 Å². The van der Waals surface area contributed by atoms with Crippen molar-refractivity contribution in [1.29, 1.82) is 0 Å². The second-order valence-corrected chi connectivity index (χ2v) is 5.03. The molecule has 0 fully saturated rings. The number of carbonyl (C=O) groups is 1. The second kappa shape index (κ2) is 6.35. The van der Waals surface area contributed by atoms with E-state index in [1.165, 1.54) is 17.5 Å². The molecule has 0 radical (unpaired) electrons. The fraction of sp³-hybridized carbons (Fsp3) is 0.235. The van der Waals surface area contributed by atoms with E-state index in [-0.39, 0.29) is 5.91 Å². The van der Waals surface area contributed by atoms with Gasteiger partial charge < -0.3 is 10.4 Å². The van der Waals surface area contributed by atoms with Gasteiger partial charge in [0.25, 0.3) is 0 Å². The Morgan fingerprint density at radius 3 is 2.10 bits per heavy atom. The zero-order valence-electron chi connectivity index (χ0n) is 11.8. The van der Waals surface area contributed by atoms with E-state index < -0.39 is 6.61 Å². The molecule has 1 aliphatic carbocycles. The molecular formula is C17H19NO2. The Kier molecular flexibility index (Phi) is 4.53. The van der Waals surface area contributed by atoms with Gasteiger partial charge in [0.2, 0.25) is 5.91 Å². The lowest BCUT2D eigenvalue weighted by Crippen LogP contribution is -2.15. The van der Waals surface area contributed by atoms with Crippen molar-refractivity contribution >= 4 is 11.6 Å². The quantitative estimate of drug-likeness (QED) is 0.751. The van der Waals surface area contributed by atoms with Crippen molar-refractivity contribution in [2.45, 2.75) is 20.3 Å². The third-order valence-corrected chi connectivity index (χ3v) is 3.02. The molecule has 20 heavy (non-hydrogen) atoms. The van der Waals surface area contributed by atoms with E-state index in [1.54, 1.807) is 0 Å². The fourth-order valence-electron chi connectivity index (χ4n) is 2.08. The van der Waals surface area contributed by atoms with Gasteiger partial charge in [-0.25, -0.2) is 0 Å². The molecule has 1 aliphatic rings. The highest BCUT2D eigenvalue weighted by Crippen LogP contribution is 2.25. The number of amides is 1. The molecule has 0 atom stereocenters. The highest BCUT2D eigenvalue weighted by atomic mass is 16.3. The van der Waals surface area contributed by atoms with E-state index in [1.807, 2.05) is 32.0 Å². The van der Waals surface area contributed by atoms with Crippen LogP contribution < -0.4 is 5.32 Å². The maximum absolute atomic E-state index is 10.8. The van der Waals surface area contributed by atoms with Crippen LogP contribution in [0.15, 0.2) is 42.5 Å². The van der Waals surface area contributed by atoms with E-state index in [0.29, 0.717) is 0 Å². The number of benzene rings is 2. The van der Waals surface area contributed by atoms with Gasteiger partial charge in [0.05, 0.1) is 0 Å². The molecule has 104 valence electrons. The standard InChI is InChI=1S/C10H13NO2.C7H6/c1-7-3-8(2)5-9(4-7)11-10(13)6-12;1-2-4-7-5-6(7)3-1/h3-5,12H,6H2,1-2H3,(H,11,13);1-4H,5H2. The lowest BCUT2D eigenvalue weighted by molar-refractivity contribution is -0.118. The number of aliphatic hydroxyl groups excluding tert-OH is 1. The van der Waals surface area contributed by atoms with Crippen LogP contribution in [0, 0.1) is 13.8 Å². The Hall–Kier alpha value is -2.13. The van der Waals surface area contributed by atoms with E-state index in [4.69, 9.17) is 5.11 Å². The summed E-state index contributed by atoms with van der Waals surface area (Å²) in [6, 6.07) is 14.3. The number of anilines is 1. The molecular weight excluding hydrogens is 250 g/mol. The normalized spacial score (nSPS) is 10.9. The van der Waals surface area contributed by atoms with Crippen LogP contribution in [0.25, 0.3) is 0 Å². The summed E-state index contributed by atoms with van der Waals surface area (Å²) in [6.45, 7) is 3.44. The highest BCUT2D eigenvalue weighted by Gasteiger charge is 2.12. The summed E-state index contributed by atoms with van der Waals surface area (Å²) < 4.78 is 0. The summed E-state index contributed by atoms with van der Waals surface area (Å²) in [5.41, 5.74) is 5.98. The fourth-order valence-corrected chi connectivity index (χ4v) is 2.08.